The summed E-state index contributed by atoms with van der Waals surface area (Å²) in [5.74, 6) is 1.39. The standard InChI is InChI=1S/C21H22N6O/c1-13-19-16(14-11-23-20(24-12-14)17-8-4-5-9-22-17)10-18(28)25-21(19)27(26-13)15-6-2-3-7-15/h4-5,8-9,11-12,15-16H,2-3,6-7,10H2,1H3,(H,25,28)/t16-/m0/s1. The largest absolute Gasteiger partial charge is 0.311 e. The van der Waals surface area contributed by atoms with Crippen LogP contribution in [0.4, 0.5) is 5.82 Å². The maximum atomic E-state index is 12.5. The SMILES string of the molecule is Cc1nn(C2CCCC2)c2c1[C@H](c1cnc(-c3ccccn3)nc1)CC(=O)N2. The molecule has 0 aromatic carbocycles. The topological polar surface area (TPSA) is 85.6 Å². The van der Waals surface area contributed by atoms with Gasteiger partial charge in [-0.25, -0.2) is 14.6 Å². The number of amides is 1. The zero-order valence-electron chi connectivity index (χ0n) is 15.8. The van der Waals surface area contributed by atoms with E-state index in [2.05, 4.69) is 20.3 Å². The van der Waals surface area contributed by atoms with Crippen LogP contribution in [0, 0.1) is 6.92 Å². The number of pyridine rings is 1. The molecule has 0 bridgehead atoms. The molecule has 28 heavy (non-hydrogen) atoms. The molecule has 1 aliphatic heterocycles. The molecule has 5 rings (SSSR count). The second-order valence-corrected chi connectivity index (χ2v) is 7.59. The van der Waals surface area contributed by atoms with Crippen LogP contribution in [-0.4, -0.2) is 30.6 Å². The summed E-state index contributed by atoms with van der Waals surface area (Å²) in [5.41, 5.74) is 3.74. The van der Waals surface area contributed by atoms with E-state index in [9.17, 15) is 4.79 Å². The molecule has 7 nitrogen and oxygen atoms in total. The van der Waals surface area contributed by atoms with Gasteiger partial charge in [0.15, 0.2) is 5.82 Å². The van der Waals surface area contributed by atoms with Crippen molar-refractivity contribution >= 4 is 11.7 Å². The summed E-state index contributed by atoms with van der Waals surface area (Å²) in [7, 11) is 0. The summed E-state index contributed by atoms with van der Waals surface area (Å²) in [6.45, 7) is 2.03. The van der Waals surface area contributed by atoms with Crippen molar-refractivity contribution in [2.24, 2.45) is 0 Å². The number of rotatable bonds is 3. The Bertz CT molecular complexity index is 1010. The normalized spacial score (nSPS) is 19.5. The summed E-state index contributed by atoms with van der Waals surface area (Å²) in [5, 5.41) is 7.87. The highest BCUT2D eigenvalue weighted by molar-refractivity contribution is 5.94. The molecule has 1 N–H and O–H groups in total. The number of aromatic nitrogens is 5. The van der Waals surface area contributed by atoms with Crippen molar-refractivity contribution in [3.63, 3.8) is 0 Å². The lowest BCUT2D eigenvalue weighted by Crippen LogP contribution is -2.26. The number of nitrogens with zero attached hydrogens (tertiary/aromatic N) is 5. The Morgan fingerprint density at radius 2 is 1.89 bits per heavy atom. The van der Waals surface area contributed by atoms with E-state index in [4.69, 9.17) is 5.10 Å². The van der Waals surface area contributed by atoms with Crippen LogP contribution in [0.5, 0.6) is 0 Å². The van der Waals surface area contributed by atoms with Gasteiger partial charge in [0.05, 0.1) is 11.7 Å². The van der Waals surface area contributed by atoms with Crippen LogP contribution in [0.2, 0.25) is 0 Å². The number of fused-ring (bicyclic) bond motifs is 1. The molecule has 1 amide bonds. The predicted octanol–water partition coefficient (Wildman–Crippen LogP) is 3.63. The van der Waals surface area contributed by atoms with Crippen LogP contribution in [0.15, 0.2) is 36.8 Å². The van der Waals surface area contributed by atoms with Crippen LogP contribution in [0.3, 0.4) is 0 Å². The summed E-state index contributed by atoms with van der Waals surface area (Å²) < 4.78 is 2.05. The van der Waals surface area contributed by atoms with E-state index < -0.39 is 0 Å². The van der Waals surface area contributed by atoms with Crippen molar-refractivity contribution < 1.29 is 4.79 Å². The van der Waals surface area contributed by atoms with E-state index in [0.717, 1.165) is 41.2 Å². The van der Waals surface area contributed by atoms with Crippen molar-refractivity contribution in [3.05, 3.63) is 53.6 Å². The molecule has 3 aromatic rings. The molecular weight excluding hydrogens is 352 g/mol. The van der Waals surface area contributed by atoms with Gasteiger partial charge in [-0.05, 0) is 37.5 Å². The first kappa shape index (κ1) is 17.0. The van der Waals surface area contributed by atoms with Gasteiger partial charge in [0.2, 0.25) is 5.91 Å². The molecule has 3 aromatic heterocycles. The second-order valence-electron chi connectivity index (χ2n) is 7.59. The number of anilines is 1. The van der Waals surface area contributed by atoms with Crippen molar-refractivity contribution in [3.8, 4) is 11.5 Å². The highest BCUT2D eigenvalue weighted by Crippen LogP contribution is 2.42. The smallest absolute Gasteiger partial charge is 0.226 e. The molecular formula is C21H22N6O. The van der Waals surface area contributed by atoms with Crippen LogP contribution < -0.4 is 5.32 Å². The van der Waals surface area contributed by atoms with Gasteiger partial charge >= 0.3 is 0 Å². The van der Waals surface area contributed by atoms with E-state index in [0.29, 0.717) is 18.3 Å². The van der Waals surface area contributed by atoms with E-state index in [1.165, 1.54) is 12.8 Å². The lowest BCUT2D eigenvalue weighted by atomic mass is 9.87. The summed E-state index contributed by atoms with van der Waals surface area (Å²) in [6.07, 6.45) is 10.4. The number of hydrogen-bond donors (Lipinski definition) is 1. The van der Waals surface area contributed by atoms with Gasteiger partial charge in [-0.15, -0.1) is 0 Å². The minimum atomic E-state index is -0.0725. The molecule has 1 saturated carbocycles. The van der Waals surface area contributed by atoms with Crippen LogP contribution in [-0.2, 0) is 4.79 Å². The van der Waals surface area contributed by atoms with Gasteiger partial charge < -0.3 is 5.32 Å². The van der Waals surface area contributed by atoms with Crippen LogP contribution in [0.25, 0.3) is 11.5 Å². The maximum Gasteiger partial charge on any atom is 0.226 e. The molecule has 1 atom stereocenters. The average Bonchev–Trinajstić information content (AvgIpc) is 3.36. The first-order chi connectivity index (χ1) is 13.7. The highest BCUT2D eigenvalue weighted by atomic mass is 16.1. The van der Waals surface area contributed by atoms with Crippen LogP contribution >= 0.6 is 0 Å². The molecule has 4 heterocycles. The first-order valence-electron chi connectivity index (χ1n) is 9.83. The van der Waals surface area contributed by atoms with Crippen molar-refractivity contribution in [1.29, 1.82) is 0 Å². The van der Waals surface area contributed by atoms with Crippen LogP contribution in [0.1, 0.15) is 60.9 Å². The first-order valence-corrected chi connectivity index (χ1v) is 9.83. The maximum absolute atomic E-state index is 12.5. The van der Waals surface area contributed by atoms with Crippen molar-refractivity contribution in [2.45, 2.75) is 51.0 Å². The fraction of sp³-hybridized carbons (Fsp3) is 0.381. The Balaban J connectivity index is 1.52. The van der Waals surface area contributed by atoms with E-state index in [1.54, 1.807) is 6.20 Å². The molecule has 142 valence electrons. The van der Waals surface area contributed by atoms with Gasteiger partial charge in [0.1, 0.15) is 11.5 Å². The average molecular weight is 374 g/mol. The van der Waals surface area contributed by atoms with E-state index in [-0.39, 0.29) is 11.8 Å². The molecule has 0 spiro atoms. The fourth-order valence-electron chi connectivity index (χ4n) is 4.42. The van der Waals surface area contributed by atoms with Crippen molar-refractivity contribution in [1.82, 2.24) is 24.7 Å². The van der Waals surface area contributed by atoms with E-state index in [1.807, 2.05) is 42.2 Å². The monoisotopic (exact) mass is 374 g/mol. The molecule has 2 aliphatic rings. The van der Waals surface area contributed by atoms with Gasteiger partial charge in [-0.1, -0.05) is 18.9 Å². The van der Waals surface area contributed by atoms with Gasteiger partial charge in [0, 0.05) is 36.5 Å². The van der Waals surface area contributed by atoms with Gasteiger partial charge in [-0.2, -0.15) is 5.10 Å². The Hall–Kier alpha value is -3.09. The third kappa shape index (κ3) is 2.87. The number of nitrogens with one attached hydrogen (secondary N) is 1. The Morgan fingerprint density at radius 1 is 1.11 bits per heavy atom. The molecule has 7 heteroatoms. The zero-order valence-corrected chi connectivity index (χ0v) is 15.8. The number of carbonyl (C=O) groups excluding carboxylic acids is 1. The number of aryl methyl sites for hydroxylation is 1. The van der Waals surface area contributed by atoms with Gasteiger partial charge in [0.25, 0.3) is 0 Å². The molecule has 0 unspecified atom stereocenters. The zero-order chi connectivity index (χ0) is 19.1. The molecule has 0 saturated heterocycles. The minimum Gasteiger partial charge on any atom is -0.311 e. The Labute approximate surface area is 163 Å². The lowest BCUT2D eigenvalue weighted by molar-refractivity contribution is -0.116. The van der Waals surface area contributed by atoms with Crippen molar-refractivity contribution in [2.75, 3.05) is 5.32 Å². The van der Waals surface area contributed by atoms with E-state index >= 15 is 0 Å². The third-order valence-electron chi connectivity index (χ3n) is 5.77. The summed E-state index contributed by atoms with van der Waals surface area (Å²) in [6, 6.07) is 6.05. The Morgan fingerprint density at radius 3 is 2.61 bits per heavy atom. The second kappa shape index (κ2) is 6.82. The Kier molecular flexibility index (Phi) is 4.15. The molecule has 1 aliphatic carbocycles. The predicted molar refractivity (Wildman–Crippen MR) is 105 cm³/mol. The van der Waals surface area contributed by atoms with Gasteiger partial charge in [-0.3, -0.25) is 9.78 Å². The number of carbonyl (C=O) groups is 1. The highest BCUT2D eigenvalue weighted by Gasteiger charge is 2.34. The lowest BCUT2D eigenvalue weighted by Gasteiger charge is -2.25. The number of hydrogen-bond acceptors (Lipinski definition) is 5. The minimum absolute atomic E-state index is 0.0189. The molecule has 0 radical (unpaired) electrons. The summed E-state index contributed by atoms with van der Waals surface area (Å²) in [4.78, 5) is 25.8. The molecule has 1 fully saturated rings. The quantitative estimate of drug-likeness (QED) is 0.756. The fourth-order valence-corrected chi connectivity index (χ4v) is 4.42. The third-order valence-corrected chi connectivity index (χ3v) is 5.77. The summed E-state index contributed by atoms with van der Waals surface area (Å²) >= 11 is 0.